The number of rotatable bonds is 13. The van der Waals surface area contributed by atoms with Crippen LogP contribution in [0.2, 0.25) is 0 Å². The molecule has 1 aliphatic heterocycles. The van der Waals surface area contributed by atoms with Gasteiger partial charge >= 0.3 is 0 Å². The first-order valence-corrected chi connectivity index (χ1v) is 14.8. The summed E-state index contributed by atoms with van der Waals surface area (Å²) in [5.74, 6) is 2.01. The van der Waals surface area contributed by atoms with E-state index in [-0.39, 0.29) is 0 Å². The zero-order chi connectivity index (χ0) is 28.2. The number of anilines is 1. The van der Waals surface area contributed by atoms with Crippen molar-refractivity contribution >= 4 is 29.9 Å². The molecule has 5 nitrogen and oxygen atoms in total. The SMILES string of the molecule is CC.CCCCN(C=O)c1ccc(OCCC2CC2)cc1F.C\C=C(Cl)/C=N\C(=C\CC)N1CCCCC1. The number of aliphatic imine (C=N–C) groups is 1. The molecule has 1 aromatic carbocycles. The summed E-state index contributed by atoms with van der Waals surface area (Å²) >= 11 is 5.91. The van der Waals surface area contributed by atoms with Crippen molar-refractivity contribution in [3.05, 3.63) is 47.0 Å². The van der Waals surface area contributed by atoms with Gasteiger partial charge in [0.1, 0.15) is 11.6 Å². The Morgan fingerprint density at radius 3 is 2.47 bits per heavy atom. The molecule has 0 unspecified atom stereocenters. The number of unbranched alkanes of at least 4 members (excludes halogenated alkanes) is 1. The van der Waals surface area contributed by atoms with Gasteiger partial charge in [-0.15, -0.1) is 0 Å². The molecule has 0 atom stereocenters. The maximum absolute atomic E-state index is 14.0. The third-order valence-electron chi connectivity index (χ3n) is 6.26. The average Bonchev–Trinajstić information content (AvgIpc) is 3.78. The van der Waals surface area contributed by atoms with E-state index in [4.69, 9.17) is 16.3 Å². The summed E-state index contributed by atoms with van der Waals surface area (Å²) in [6, 6.07) is 4.71. The van der Waals surface area contributed by atoms with E-state index < -0.39 is 5.82 Å². The van der Waals surface area contributed by atoms with Gasteiger partial charge in [-0.1, -0.05) is 64.6 Å². The van der Waals surface area contributed by atoms with Crippen LogP contribution in [0.25, 0.3) is 0 Å². The van der Waals surface area contributed by atoms with Gasteiger partial charge in [-0.2, -0.15) is 0 Å². The zero-order valence-electron chi connectivity index (χ0n) is 24.2. The highest BCUT2D eigenvalue weighted by Crippen LogP contribution is 2.32. The van der Waals surface area contributed by atoms with Gasteiger partial charge in [0.05, 0.1) is 17.3 Å². The van der Waals surface area contributed by atoms with Gasteiger partial charge in [-0.05, 0) is 69.6 Å². The Kier molecular flexibility index (Phi) is 18.3. The molecule has 1 aliphatic carbocycles. The normalized spacial score (nSPS) is 15.8. The van der Waals surface area contributed by atoms with E-state index in [1.807, 2.05) is 33.8 Å². The van der Waals surface area contributed by atoms with E-state index in [1.54, 1.807) is 18.3 Å². The van der Waals surface area contributed by atoms with Crippen LogP contribution in [0, 0.1) is 11.7 Å². The van der Waals surface area contributed by atoms with Crippen molar-refractivity contribution in [1.82, 2.24) is 4.90 Å². The molecule has 214 valence electrons. The lowest BCUT2D eigenvalue weighted by molar-refractivity contribution is -0.107. The fourth-order valence-corrected chi connectivity index (χ4v) is 3.94. The van der Waals surface area contributed by atoms with E-state index in [2.05, 4.69) is 22.9 Å². The number of halogens is 2. The van der Waals surface area contributed by atoms with Crippen LogP contribution in [-0.4, -0.2) is 43.8 Å². The topological polar surface area (TPSA) is 45.1 Å². The van der Waals surface area contributed by atoms with Gasteiger partial charge in [-0.3, -0.25) is 4.79 Å². The van der Waals surface area contributed by atoms with E-state index >= 15 is 0 Å². The second kappa shape index (κ2) is 20.6. The van der Waals surface area contributed by atoms with Gasteiger partial charge in [-0.25, -0.2) is 9.38 Å². The number of piperidine rings is 1. The number of hydrogen-bond acceptors (Lipinski definition) is 4. The van der Waals surface area contributed by atoms with Crippen LogP contribution in [0.3, 0.4) is 0 Å². The van der Waals surface area contributed by atoms with Gasteiger partial charge in [0.15, 0.2) is 5.82 Å². The van der Waals surface area contributed by atoms with E-state index in [0.717, 1.165) is 50.5 Å². The zero-order valence-corrected chi connectivity index (χ0v) is 25.0. The van der Waals surface area contributed by atoms with Gasteiger partial charge in [0.2, 0.25) is 6.41 Å². The quantitative estimate of drug-likeness (QED) is 0.182. The number of carbonyl (C=O) groups is 1. The molecule has 1 saturated carbocycles. The highest BCUT2D eigenvalue weighted by atomic mass is 35.5. The first-order valence-electron chi connectivity index (χ1n) is 14.5. The summed E-state index contributed by atoms with van der Waals surface area (Å²) in [6.45, 7) is 13.5. The Balaban J connectivity index is 0.000000365. The number of amides is 1. The molecule has 0 spiro atoms. The molecule has 0 bridgehead atoms. The van der Waals surface area contributed by atoms with Crippen molar-refractivity contribution < 1.29 is 13.9 Å². The molecule has 7 heteroatoms. The highest BCUT2D eigenvalue weighted by molar-refractivity contribution is 6.39. The van der Waals surface area contributed by atoms with Crippen molar-refractivity contribution in [3.8, 4) is 5.75 Å². The number of nitrogens with zero attached hydrogens (tertiary/aromatic N) is 3. The molecule has 38 heavy (non-hydrogen) atoms. The predicted molar refractivity (Wildman–Crippen MR) is 161 cm³/mol. The number of likely N-dealkylation sites (tertiary alicyclic amines) is 1. The Morgan fingerprint density at radius 1 is 1.21 bits per heavy atom. The van der Waals surface area contributed by atoms with Crippen LogP contribution in [-0.2, 0) is 4.79 Å². The minimum atomic E-state index is -0.405. The lowest BCUT2D eigenvalue weighted by atomic mass is 10.1. The third kappa shape index (κ3) is 13.5. The van der Waals surface area contributed by atoms with Crippen molar-refractivity contribution in [2.45, 2.75) is 92.4 Å². The first-order chi connectivity index (χ1) is 18.5. The molecule has 1 heterocycles. The number of hydrogen-bond donors (Lipinski definition) is 0. The molecule has 1 aromatic rings. The third-order valence-corrected chi connectivity index (χ3v) is 6.58. The molecular formula is C31H49ClFN3O2. The monoisotopic (exact) mass is 549 g/mol. The van der Waals surface area contributed by atoms with Crippen LogP contribution in [0.15, 0.2) is 46.2 Å². The van der Waals surface area contributed by atoms with Crippen molar-refractivity contribution in [3.63, 3.8) is 0 Å². The maximum Gasteiger partial charge on any atom is 0.214 e. The maximum atomic E-state index is 14.0. The van der Waals surface area contributed by atoms with Crippen molar-refractivity contribution in [1.29, 1.82) is 0 Å². The summed E-state index contributed by atoms with van der Waals surface area (Å²) in [7, 11) is 0. The number of benzene rings is 1. The molecule has 0 radical (unpaired) electrons. The lowest BCUT2D eigenvalue weighted by Crippen LogP contribution is -2.28. The standard InChI is InChI=1S/C16H22FNO2.C13H21ClN2.C2H6/c1-2-3-9-18(12-19)16-7-6-14(11-15(16)17)20-10-8-13-4-5-13;1-3-8-13(15-11-12(14)4-2)16-9-6-5-7-10-16;1-2/h6-7,11-13H,2-5,8-10H2,1H3;4,8,11H,3,5-7,9-10H2,1-2H3;1-2H3/b;12-4+,13-8-,15-11-;. The molecule has 0 N–H and O–H groups in total. The fraction of sp³-hybridized carbons (Fsp3) is 0.613. The number of carbonyl (C=O) groups excluding carboxylic acids is 1. The highest BCUT2D eigenvalue weighted by Gasteiger charge is 2.21. The Hall–Kier alpha value is -2.34. The second-order valence-corrected chi connectivity index (χ2v) is 9.73. The van der Waals surface area contributed by atoms with Crippen LogP contribution in [0.1, 0.15) is 92.4 Å². The van der Waals surface area contributed by atoms with Crippen LogP contribution >= 0.6 is 11.6 Å². The minimum Gasteiger partial charge on any atom is -0.493 e. The first kappa shape index (κ1) is 33.7. The summed E-state index contributed by atoms with van der Waals surface area (Å²) < 4.78 is 19.6. The molecule has 2 fully saturated rings. The molecular weight excluding hydrogens is 501 g/mol. The molecule has 3 rings (SSSR count). The molecule has 1 amide bonds. The Labute approximate surface area is 235 Å². The van der Waals surface area contributed by atoms with E-state index in [9.17, 15) is 9.18 Å². The van der Waals surface area contributed by atoms with Crippen LogP contribution < -0.4 is 9.64 Å². The van der Waals surface area contributed by atoms with Gasteiger partial charge < -0.3 is 14.5 Å². The lowest BCUT2D eigenvalue weighted by Gasteiger charge is -2.28. The smallest absolute Gasteiger partial charge is 0.214 e. The van der Waals surface area contributed by atoms with Crippen molar-refractivity contribution in [2.24, 2.45) is 10.9 Å². The largest absolute Gasteiger partial charge is 0.493 e. The fourth-order valence-electron chi connectivity index (χ4n) is 3.89. The Bertz CT molecular complexity index is 878. The van der Waals surface area contributed by atoms with Gasteiger partial charge in [0.25, 0.3) is 0 Å². The van der Waals surface area contributed by atoms with Gasteiger partial charge in [0, 0.05) is 31.9 Å². The van der Waals surface area contributed by atoms with Crippen LogP contribution in [0.5, 0.6) is 5.75 Å². The molecule has 1 saturated heterocycles. The summed E-state index contributed by atoms with van der Waals surface area (Å²) in [4.78, 5) is 19.3. The summed E-state index contributed by atoms with van der Waals surface area (Å²) in [5, 5.41) is 0.694. The van der Waals surface area contributed by atoms with Crippen molar-refractivity contribution in [2.75, 3.05) is 31.1 Å². The summed E-state index contributed by atoms with van der Waals surface area (Å²) in [5.41, 5.74) is 0.322. The predicted octanol–water partition coefficient (Wildman–Crippen LogP) is 8.73. The minimum absolute atomic E-state index is 0.322. The average molecular weight is 550 g/mol. The molecule has 2 aliphatic rings. The molecule has 0 aromatic heterocycles. The second-order valence-electron chi connectivity index (χ2n) is 9.30. The number of allylic oxidation sites excluding steroid dienone is 3. The van der Waals surface area contributed by atoms with E-state index in [1.165, 1.54) is 43.1 Å². The number of ether oxygens (including phenoxy) is 1. The van der Waals surface area contributed by atoms with Crippen LogP contribution in [0.4, 0.5) is 10.1 Å². The summed E-state index contributed by atoms with van der Waals surface area (Å²) in [6.07, 6.45) is 16.8. The Morgan fingerprint density at radius 2 is 1.92 bits per heavy atom. The van der Waals surface area contributed by atoms with E-state index in [0.29, 0.717) is 36.0 Å².